The van der Waals surface area contributed by atoms with E-state index < -0.39 is 0 Å². The number of carbonyl (C=O) groups is 2. The van der Waals surface area contributed by atoms with Crippen LogP contribution in [-0.4, -0.2) is 42.5 Å². The minimum absolute atomic E-state index is 0.00438. The molecule has 21 heavy (non-hydrogen) atoms. The van der Waals surface area contributed by atoms with Gasteiger partial charge in [0.2, 0.25) is 5.91 Å². The van der Waals surface area contributed by atoms with Crippen LogP contribution in [0.5, 0.6) is 0 Å². The van der Waals surface area contributed by atoms with Crippen LogP contribution in [0.25, 0.3) is 0 Å². The summed E-state index contributed by atoms with van der Waals surface area (Å²) in [4.78, 5) is 25.3. The summed E-state index contributed by atoms with van der Waals surface area (Å²) in [6.45, 7) is 1.49. The van der Waals surface area contributed by atoms with Crippen LogP contribution in [0, 0.1) is 0 Å². The van der Waals surface area contributed by atoms with Gasteiger partial charge < -0.3 is 21.3 Å². The van der Waals surface area contributed by atoms with E-state index in [2.05, 4.69) is 16.7 Å². The van der Waals surface area contributed by atoms with Gasteiger partial charge in [-0.1, -0.05) is 24.3 Å². The summed E-state index contributed by atoms with van der Waals surface area (Å²) in [5, 5.41) is 5.77. The molecule has 0 unspecified atom stereocenters. The third-order valence-corrected chi connectivity index (χ3v) is 4.20. The van der Waals surface area contributed by atoms with E-state index in [1.807, 2.05) is 18.2 Å². The molecule has 1 saturated heterocycles. The molecule has 0 radical (unpaired) electrons. The van der Waals surface area contributed by atoms with Crippen LogP contribution in [0.3, 0.4) is 0 Å². The molecule has 0 bridgehead atoms. The molecule has 1 aliphatic carbocycles. The minimum atomic E-state index is -0.170. The first-order chi connectivity index (χ1) is 10.1. The number of amides is 3. The fourth-order valence-corrected chi connectivity index (χ4v) is 2.99. The fourth-order valence-electron chi connectivity index (χ4n) is 2.99. The van der Waals surface area contributed by atoms with E-state index in [-0.39, 0.29) is 24.0 Å². The third-order valence-electron chi connectivity index (χ3n) is 4.20. The van der Waals surface area contributed by atoms with Crippen LogP contribution >= 0.6 is 0 Å². The number of hydrogen-bond donors (Lipinski definition) is 3. The SMILES string of the molecule is N[C@@H]1c2ccccc2C[C@H]1NC(=O)N1CCNC(=O)CC1. The van der Waals surface area contributed by atoms with E-state index in [1.54, 1.807) is 4.90 Å². The maximum absolute atomic E-state index is 12.3. The van der Waals surface area contributed by atoms with E-state index >= 15 is 0 Å². The predicted molar refractivity (Wildman–Crippen MR) is 78.6 cm³/mol. The Balaban J connectivity index is 1.62. The van der Waals surface area contributed by atoms with Crippen molar-refractivity contribution in [2.24, 2.45) is 5.73 Å². The summed E-state index contributed by atoms with van der Waals surface area (Å²) in [6.07, 6.45) is 1.11. The van der Waals surface area contributed by atoms with E-state index in [4.69, 9.17) is 5.73 Å². The normalized spacial score (nSPS) is 25.0. The lowest BCUT2D eigenvalue weighted by molar-refractivity contribution is -0.120. The predicted octanol–water partition coefficient (Wildman–Crippen LogP) is 0.143. The monoisotopic (exact) mass is 288 g/mol. The second-order valence-electron chi connectivity index (χ2n) is 5.57. The van der Waals surface area contributed by atoms with Crippen molar-refractivity contribution in [2.75, 3.05) is 19.6 Å². The summed E-state index contributed by atoms with van der Waals surface area (Å²) in [5.41, 5.74) is 8.53. The van der Waals surface area contributed by atoms with E-state index in [1.165, 1.54) is 5.56 Å². The van der Waals surface area contributed by atoms with Gasteiger partial charge in [0, 0.05) is 26.1 Å². The standard InChI is InChI=1S/C15H20N4O2/c16-14-11-4-2-1-3-10(11)9-12(14)18-15(21)19-7-5-13(20)17-6-8-19/h1-4,12,14H,5-9,16H2,(H,17,20)(H,18,21)/t12-,14-/m1/s1. The Labute approximate surface area is 123 Å². The second kappa shape index (κ2) is 5.73. The summed E-state index contributed by atoms with van der Waals surface area (Å²) in [5.74, 6) is -0.00438. The van der Waals surface area contributed by atoms with Gasteiger partial charge in [-0.2, -0.15) is 0 Å². The van der Waals surface area contributed by atoms with Crippen LogP contribution < -0.4 is 16.4 Å². The summed E-state index contributed by atoms with van der Waals surface area (Å²) in [7, 11) is 0. The van der Waals surface area contributed by atoms with Crippen molar-refractivity contribution in [1.82, 2.24) is 15.5 Å². The van der Waals surface area contributed by atoms with Gasteiger partial charge in [-0.25, -0.2) is 4.79 Å². The lowest BCUT2D eigenvalue weighted by Gasteiger charge is -2.24. The summed E-state index contributed by atoms with van der Waals surface area (Å²) < 4.78 is 0. The van der Waals surface area contributed by atoms with Gasteiger partial charge in [0.05, 0.1) is 12.1 Å². The molecule has 6 nitrogen and oxygen atoms in total. The highest BCUT2D eigenvalue weighted by molar-refractivity contribution is 5.79. The Morgan fingerprint density at radius 2 is 2.14 bits per heavy atom. The van der Waals surface area contributed by atoms with Crippen LogP contribution in [0.15, 0.2) is 24.3 Å². The molecule has 2 aliphatic rings. The quantitative estimate of drug-likeness (QED) is 0.687. The smallest absolute Gasteiger partial charge is 0.317 e. The zero-order chi connectivity index (χ0) is 14.8. The van der Waals surface area contributed by atoms with Crippen molar-refractivity contribution in [3.8, 4) is 0 Å². The number of carbonyl (C=O) groups excluding carboxylic acids is 2. The molecule has 1 heterocycles. The van der Waals surface area contributed by atoms with Crippen molar-refractivity contribution >= 4 is 11.9 Å². The van der Waals surface area contributed by atoms with Crippen molar-refractivity contribution in [1.29, 1.82) is 0 Å². The molecule has 6 heteroatoms. The Bertz CT molecular complexity index is 560. The van der Waals surface area contributed by atoms with Gasteiger partial charge in [-0.3, -0.25) is 4.79 Å². The van der Waals surface area contributed by atoms with Gasteiger partial charge in [0.1, 0.15) is 0 Å². The van der Waals surface area contributed by atoms with Crippen molar-refractivity contribution in [3.05, 3.63) is 35.4 Å². The highest BCUT2D eigenvalue weighted by Gasteiger charge is 2.31. The number of urea groups is 1. The average Bonchev–Trinajstić information content (AvgIpc) is 2.65. The molecular formula is C15H20N4O2. The fraction of sp³-hybridized carbons (Fsp3) is 0.467. The number of nitrogens with one attached hydrogen (secondary N) is 2. The highest BCUT2D eigenvalue weighted by Crippen LogP contribution is 2.29. The molecule has 1 fully saturated rings. The highest BCUT2D eigenvalue weighted by atomic mass is 16.2. The van der Waals surface area contributed by atoms with E-state index in [0.717, 1.165) is 12.0 Å². The first kappa shape index (κ1) is 13.9. The molecule has 3 amide bonds. The molecule has 0 saturated carbocycles. The van der Waals surface area contributed by atoms with Crippen LogP contribution in [0.4, 0.5) is 4.79 Å². The first-order valence-electron chi connectivity index (χ1n) is 7.30. The number of hydrogen-bond acceptors (Lipinski definition) is 3. The zero-order valence-electron chi connectivity index (χ0n) is 11.8. The maximum Gasteiger partial charge on any atom is 0.317 e. The first-order valence-corrected chi connectivity index (χ1v) is 7.30. The van der Waals surface area contributed by atoms with Crippen LogP contribution in [0.1, 0.15) is 23.6 Å². The van der Waals surface area contributed by atoms with Gasteiger partial charge in [0.15, 0.2) is 0 Å². The topological polar surface area (TPSA) is 87.5 Å². The van der Waals surface area contributed by atoms with E-state index in [0.29, 0.717) is 26.1 Å². The van der Waals surface area contributed by atoms with Crippen molar-refractivity contribution in [2.45, 2.75) is 24.9 Å². The lowest BCUT2D eigenvalue weighted by Crippen LogP contribution is -2.48. The molecule has 4 N–H and O–H groups in total. The Hall–Kier alpha value is -2.08. The Kier molecular flexibility index (Phi) is 3.79. The Morgan fingerprint density at radius 3 is 2.95 bits per heavy atom. The number of rotatable bonds is 1. The van der Waals surface area contributed by atoms with E-state index in [9.17, 15) is 9.59 Å². The van der Waals surface area contributed by atoms with Crippen LogP contribution in [-0.2, 0) is 11.2 Å². The lowest BCUT2D eigenvalue weighted by atomic mass is 10.1. The average molecular weight is 288 g/mol. The molecule has 1 aromatic carbocycles. The molecule has 112 valence electrons. The number of benzene rings is 1. The summed E-state index contributed by atoms with van der Waals surface area (Å²) >= 11 is 0. The summed E-state index contributed by atoms with van der Waals surface area (Å²) in [6, 6.07) is 7.63. The molecule has 1 aromatic rings. The van der Waals surface area contributed by atoms with Crippen molar-refractivity contribution in [3.63, 3.8) is 0 Å². The number of nitrogens with zero attached hydrogens (tertiary/aromatic N) is 1. The Morgan fingerprint density at radius 1 is 1.33 bits per heavy atom. The zero-order valence-corrected chi connectivity index (χ0v) is 11.8. The van der Waals surface area contributed by atoms with Gasteiger partial charge in [-0.15, -0.1) is 0 Å². The largest absolute Gasteiger partial charge is 0.354 e. The van der Waals surface area contributed by atoms with Gasteiger partial charge >= 0.3 is 6.03 Å². The minimum Gasteiger partial charge on any atom is -0.354 e. The molecule has 1 aliphatic heterocycles. The maximum atomic E-state index is 12.3. The third kappa shape index (κ3) is 2.85. The molecular weight excluding hydrogens is 268 g/mol. The molecule has 2 atom stereocenters. The molecule has 0 spiro atoms. The van der Waals surface area contributed by atoms with Crippen molar-refractivity contribution < 1.29 is 9.59 Å². The molecule has 3 rings (SSSR count). The second-order valence-corrected chi connectivity index (χ2v) is 5.57. The molecule has 0 aromatic heterocycles. The van der Waals surface area contributed by atoms with Gasteiger partial charge in [-0.05, 0) is 17.5 Å². The number of fused-ring (bicyclic) bond motifs is 1. The number of nitrogens with two attached hydrogens (primary N) is 1. The van der Waals surface area contributed by atoms with Gasteiger partial charge in [0.25, 0.3) is 0 Å². The van der Waals surface area contributed by atoms with Crippen LogP contribution in [0.2, 0.25) is 0 Å².